The van der Waals surface area contributed by atoms with Crippen molar-refractivity contribution in [3.8, 4) is 0 Å². The van der Waals surface area contributed by atoms with Gasteiger partial charge >= 0.3 is 0 Å². The van der Waals surface area contributed by atoms with E-state index in [4.69, 9.17) is 21.3 Å². The number of rotatable bonds is 1. The highest BCUT2D eigenvalue weighted by Crippen LogP contribution is 2.58. The van der Waals surface area contributed by atoms with Gasteiger partial charge in [0, 0.05) is 6.04 Å². The van der Waals surface area contributed by atoms with Gasteiger partial charge in [0.05, 0.1) is 11.7 Å². The number of ether oxygens (including phenoxy) is 2. The molecule has 1 fully saturated rings. The summed E-state index contributed by atoms with van der Waals surface area (Å²) in [4.78, 5) is 0. The second-order valence-electron chi connectivity index (χ2n) is 4.08. The third-order valence-electron chi connectivity index (χ3n) is 3.02. The molecule has 1 heterocycles. The van der Waals surface area contributed by atoms with Gasteiger partial charge in [-0.15, -0.1) is 0 Å². The standard InChI is InChI=1S/C12H17O2PS/c1-9-13-10(2)15(16,11(3)14-9)12-7-5-4-6-8-12/h4-11H,1-3H3/t9?,10-,11+,15?. The van der Waals surface area contributed by atoms with Crippen LogP contribution in [-0.4, -0.2) is 18.0 Å². The van der Waals surface area contributed by atoms with E-state index in [1.54, 1.807) is 0 Å². The molecular formula is C12H17O2PS. The molecule has 0 amide bonds. The summed E-state index contributed by atoms with van der Waals surface area (Å²) in [6.07, 6.45) is -0.148. The summed E-state index contributed by atoms with van der Waals surface area (Å²) >= 11 is 5.88. The fraction of sp³-hybridized carbons (Fsp3) is 0.500. The molecule has 88 valence electrons. The van der Waals surface area contributed by atoms with Crippen LogP contribution in [0.1, 0.15) is 20.8 Å². The molecule has 2 rings (SSSR count). The van der Waals surface area contributed by atoms with E-state index >= 15 is 0 Å². The van der Waals surface area contributed by atoms with E-state index in [9.17, 15) is 0 Å². The lowest BCUT2D eigenvalue weighted by molar-refractivity contribution is -0.159. The average Bonchev–Trinajstić information content (AvgIpc) is 2.27. The van der Waals surface area contributed by atoms with Crippen LogP contribution in [0.15, 0.2) is 30.3 Å². The molecule has 0 spiro atoms. The Bertz CT molecular complexity index is 391. The normalized spacial score (nSPS) is 39.6. The van der Waals surface area contributed by atoms with Gasteiger partial charge < -0.3 is 9.47 Å². The first-order chi connectivity index (χ1) is 7.55. The van der Waals surface area contributed by atoms with Gasteiger partial charge in [0.25, 0.3) is 0 Å². The number of hydrogen-bond donors (Lipinski definition) is 0. The Hall–Kier alpha value is -0.210. The monoisotopic (exact) mass is 256 g/mol. The van der Waals surface area contributed by atoms with Crippen molar-refractivity contribution in [2.75, 3.05) is 0 Å². The van der Waals surface area contributed by atoms with E-state index in [0.717, 1.165) is 0 Å². The third kappa shape index (κ3) is 1.98. The molecule has 4 atom stereocenters. The fourth-order valence-electron chi connectivity index (χ4n) is 2.14. The van der Waals surface area contributed by atoms with Gasteiger partial charge in [-0.2, -0.15) is 0 Å². The minimum absolute atomic E-state index is 0.0867. The molecule has 0 aliphatic carbocycles. The third-order valence-corrected chi connectivity index (χ3v) is 8.94. The van der Waals surface area contributed by atoms with Crippen LogP contribution in [0.4, 0.5) is 0 Å². The summed E-state index contributed by atoms with van der Waals surface area (Å²) in [6.45, 7) is 6.07. The lowest BCUT2D eigenvalue weighted by atomic mass is 10.4. The van der Waals surface area contributed by atoms with Crippen LogP contribution in [-0.2, 0) is 21.3 Å². The van der Waals surface area contributed by atoms with Crippen LogP contribution in [0, 0.1) is 0 Å². The zero-order valence-electron chi connectivity index (χ0n) is 9.79. The molecule has 1 aromatic carbocycles. The van der Waals surface area contributed by atoms with Crippen LogP contribution in [0.3, 0.4) is 0 Å². The van der Waals surface area contributed by atoms with Crippen molar-refractivity contribution in [1.29, 1.82) is 0 Å². The first-order valence-electron chi connectivity index (χ1n) is 5.51. The van der Waals surface area contributed by atoms with Crippen molar-refractivity contribution < 1.29 is 9.47 Å². The molecule has 16 heavy (non-hydrogen) atoms. The maximum Gasteiger partial charge on any atom is 0.156 e. The number of hydrogen-bond acceptors (Lipinski definition) is 3. The zero-order valence-corrected chi connectivity index (χ0v) is 11.5. The average molecular weight is 256 g/mol. The molecule has 4 heteroatoms. The quantitative estimate of drug-likeness (QED) is 0.720. The van der Waals surface area contributed by atoms with Crippen molar-refractivity contribution in [3.05, 3.63) is 30.3 Å². The largest absolute Gasteiger partial charge is 0.344 e. The van der Waals surface area contributed by atoms with E-state index in [1.165, 1.54) is 5.30 Å². The first-order valence-corrected chi connectivity index (χ1v) is 8.45. The summed E-state index contributed by atoms with van der Waals surface area (Å²) in [6, 6.07) is 8.46. The first kappa shape index (κ1) is 12.3. The Morgan fingerprint density at radius 2 is 1.50 bits per heavy atom. The Kier molecular flexibility index (Phi) is 3.50. The van der Waals surface area contributed by atoms with E-state index in [0.29, 0.717) is 0 Å². The van der Waals surface area contributed by atoms with E-state index in [2.05, 4.69) is 26.0 Å². The maximum atomic E-state index is 5.88. The highest BCUT2D eigenvalue weighted by Gasteiger charge is 2.39. The Morgan fingerprint density at radius 1 is 1.00 bits per heavy atom. The minimum atomic E-state index is -1.80. The molecule has 0 aromatic heterocycles. The maximum absolute atomic E-state index is 5.88. The van der Waals surface area contributed by atoms with Gasteiger partial charge in [0.1, 0.15) is 0 Å². The topological polar surface area (TPSA) is 18.5 Å². The van der Waals surface area contributed by atoms with E-state index < -0.39 is 6.04 Å². The van der Waals surface area contributed by atoms with Crippen molar-refractivity contribution >= 4 is 23.1 Å². The molecular weight excluding hydrogens is 239 g/mol. The van der Waals surface area contributed by atoms with Gasteiger partial charge in [-0.25, -0.2) is 0 Å². The van der Waals surface area contributed by atoms with Gasteiger partial charge in [-0.3, -0.25) is 0 Å². The number of benzene rings is 1. The van der Waals surface area contributed by atoms with Gasteiger partial charge in [-0.05, 0) is 26.1 Å². The molecule has 2 nitrogen and oxygen atoms in total. The SMILES string of the molecule is CC1O[C@@H](C)P(=S)(c2ccccc2)[C@@H](C)O1. The van der Waals surface area contributed by atoms with E-state index in [1.807, 2.05) is 25.1 Å². The van der Waals surface area contributed by atoms with E-state index in [-0.39, 0.29) is 18.0 Å². The van der Waals surface area contributed by atoms with Crippen LogP contribution in [0.2, 0.25) is 0 Å². The summed E-state index contributed by atoms with van der Waals surface area (Å²) < 4.78 is 11.5. The molecule has 0 radical (unpaired) electrons. The van der Waals surface area contributed by atoms with Crippen LogP contribution >= 0.6 is 6.04 Å². The Balaban J connectivity index is 2.40. The fourth-order valence-corrected chi connectivity index (χ4v) is 5.58. The van der Waals surface area contributed by atoms with Gasteiger partial charge in [-0.1, -0.05) is 42.1 Å². The zero-order chi connectivity index (χ0) is 11.8. The molecule has 1 aliphatic rings. The molecule has 1 saturated heterocycles. The summed E-state index contributed by atoms with van der Waals surface area (Å²) in [5.41, 5.74) is 0. The predicted octanol–water partition coefficient (Wildman–Crippen LogP) is 2.88. The van der Waals surface area contributed by atoms with Crippen LogP contribution < -0.4 is 5.30 Å². The van der Waals surface area contributed by atoms with Crippen molar-refractivity contribution in [3.63, 3.8) is 0 Å². The summed E-state index contributed by atoms with van der Waals surface area (Å²) in [7, 11) is 0. The lowest BCUT2D eigenvalue weighted by Crippen LogP contribution is -2.37. The minimum Gasteiger partial charge on any atom is -0.344 e. The molecule has 0 saturated carbocycles. The summed E-state index contributed by atoms with van der Waals surface area (Å²) in [5.74, 6) is 0.173. The highest BCUT2D eigenvalue weighted by molar-refractivity contribution is 8.18. The van der Waals surface area contributed by atoms with Crippen molar-refractivity contribution in [2.24, 2.45) is 0 Å². The van der Waals surface area contributed by atoms with Crippen LogP contribution in [0.25, 0.3) is 0 Å². The summed E-state index contributed by atoms with van der Waals surface area (Å²) in [5, 5.41) is 1.21. The van der Waals surface area contributed by atoms with Crippen molar-refractivity contribution in [1.82, 2.24) is 0 Å². The molecule has 2 unspecified atom stereocenters. The van der Waals surface area contributed by atoms with Crippen LogP contribution in [0.5, 0.6) is 0 Å². The predicted molar refractivity (Wildman–Crippen MR) is 70.9 cm³/mol. The lowest BCUT2D eigenvalue weighted by Gasteiger charge is -2.41. The van der Waals surface area contributed by atoms with Gasteiger partial charge in [0.2, 0.25) is 0 Å². The molecule has 1 aromatic rings. The van der Waals surface area contributed by atoms with Gasteiger partial charge in [0.15, 0.2) is 6.29 Å². The second kappa shape index (κ2) is 4.58. The molecule has 0 bridgehead atoms. The highest BCUT2D eigenvalue weighted by atomic mass is 32.4. The van der Waals surface area contributed by atoms with Crippen molar-refractivity contribution in [2.45, 2.75) is 38.8 Å². The molecule has 1 aliphatic heterocycles. The second-order valence-corrected chi connectivity index (χ2v) is 9.29. The molecule has 0 N–H and O–H groups in total. The smallest absolute Gasteiger partial charge is 0.156 e. The Morgan fingerprint density at radius 3 is 2.00 bits per heavy atom. The Labute approximate surface area is 102 Å².